The molecule has 66 valence electrons. The minimum atomic E-state index is -0.249. The lowest BCUT2D eigenvalue weighted by Gasteiger charge is -2.03. The van der Waals surface area contributed by atoms with Crippen LogP contribution < -0.4 is 5.32 Å². The summed E-state index contributed by atoms with van der Waals surface area (Å²) in [7, 11) is 1.76. The lowest BCUT2D eigenvalue weighted by atomic mass is 10.2. The first kappa shape index (κ1) is 9.96. The fourth-order valence-electron chi connectivity index (χ4n) is 0.890. The molecular formula is C8H8BrClFN. The van der Waals surface area contributed by atoms with Crippen LogP contribution in [0.4, 0.5) is 4.39 Å². The molecule has 0 aliphatic heterocycles. The van der Waals surface area contributed by atoms with Crippen molar-refractivity contribution < 1.29 is 4.39 Å². The number of halogens is 3. The summed E-state index contributed by atoms with van der Waals surface area (Å²) in [6, 6.07) is 2.98. The van der Waals surface area contributed by atoms with E-state index >= 15 is 0 Å². The van der Waals surface area contributed by atoms with Crippen LogP contribution in [0.5, 0.6) is 0 Å². The van der Waals surface area contributed by atoms with Gasteiger partial charge in [0.1, 0.15) is 5.82 Å². The average Bonchev–Trinajstić information content (AvgIpc) is 2.01. The summed E-state index contributed by atoms with van der Waals surface area (Å²) in [6.07, 6.45) is 0. The van der Waals surface area contributed by atoms with Gasteiger partial charge in [0, 0.05) is 16.6 Å². The van der Waals surface area contributed by atoms with Crippen molar-refractivity contribution in [3.8, 4) is 0 Å². The molecule has 0 aromatic heterocycles. The van der Waals surface area contributed by atoms with Gasteiger partial charge in [-0.2, -0.15) is 0 Å². The van der Waals surface area contributed by atoms with Crippen molar-refractivity contribution in [1.29, 1.82) is 0 Å². The highest BCUT2D eigenvalue weighted by atomic mass is 79.9. The predicted octanol–water partition coefficient (Wildman–Crippen LogP) is 2.96. The molecule has 0 atom stereocenters. The molecule has 1 nitrogen and oxygen atoms in total. The molecule has 0 fully saturated rings. The second kappa shape index (κ2) is 4.21. The van der Waals surface area contributed by atoms with E-state index in [4.69, 9.17) is 11.6 Å². The van der Waals surface area contributed by atoms with Gasteiger partial charge in [0.2, 0.25) is 0 Å². The highest BCUT2D eigenvalue weighted by molar-refractivity contribution is 9.10. The molecular weight excluding hydrogens is 244 g/mol. The molecule has 1 aromatic rings. The number of nitrogens with one attached hydrogen (secondary N) is 1. The van der Waals surface area contributed by atoms with E-state index in [1.807, 2.05) is 0 Å². The minimum Gasteiger partial charge on any atom is -0.316 e. The molecule has 0 aliphatic rings. The standard InChI is InChI=1S/C8H8BrClFN/c1-12-4-5-2-7(10)6(9)3-8(5)11/h2-3,12H,4H2,1H3. The lowest BCUT2D eigenvalue weighted by molar-refractivity contribution is 0.600. The van der Waals surface area contributed by atoms with Gasteiger partial charge in [0.25, 0.3) is 0 Å². The molecule has 4 heteroatoms. The Bertz CT molecular complexity index is 291. The summed E-state index contributed by atoms with van der Waals surface area (Å²) in [6.45, 7) is 0.485. The Balaban J connectivity index is 3.05. The summed E-state index contributed by atoms with van der Waals surface area (Å²) >= 11 is 8.92. The number of rotatable bonds is 2. The molecule has 0 radical (unpaired) electrons. The maximum Gasteiger partial charge on any atom is 0.128 e. The zero-order chi connectivity index (χ0) is 9.14. The quantitative estimate of drug-likeness (QED) is 0.798. The van der Waals surface area contributed by atoms with Crippen LogP contribution in [0, 0.1) is 5.82 Å². The maximum atomic E-state index is 13.1. The molecule has 12 heavy (non-hydrogen) atoms. The van der Waals surface area contributed by atoms with E-state index in [0.29, 0.717) is 21.6 Å². The van der Waals surface area contributed by atoms with E-state index in [0.717, 1.165) is 0 Å². The van der Waals surface area contributed by atoms with Crippen molar-refractivity contribution in [2.75, 3.05) is 7.05 Å². The van der Waals surface area contributed by atoms with E-state index < -0.39 is 0 Å². The van der Waals surface area contributed by atoms with Crippen molar-refractivity contribution in [3.05, 3.63) is 33.0 Å². The van der Waals surface area contributed by atoms with Crippen LogP contribution in [0.2, 0.25) is 5.02 Å². The zero-order valence-corrected chi connectivity index (χ0v) is 8.84. The maximum absolute atomic E-state index is 13.1. The second-order valence-electron chi connectivity index (χ2n) is 2.39. The summed E-state index contributed by atoms with van der Waals surface area (Å²) in [5.74, 6) is -0.249. The first-order chi connectivity index (χ1) is 5.65. The van der Waals surface area contributed by atoms with Gasteiger partial charge in [0.15, 0.2) is 0 Å². The topological polar surface area (TPSA) is 12.0 Å². The number of hydrogen-bond donors (Lipinski definition) is 1. The summed E-state index contributed by atoms with van der Waals surface area (Å²) < 4.78 is 13.7. The van der Waals surface area contributed by atoms with Crippen LogP contribution in [0.3, 0.4) is 0 Å². The molecule has 0 heterocycles. The largest absolute Gasteiger partial charge is 0.316 e. The smallest absolute Gasteiger partial charge is 0.128 e. The van der Waals surface area contributed by atoms with E-state index in [9.17, 15) is 4.39 Å². The molecule has 0 saturated heterocycles. The van der Waals surface area contributed by atoms with Gasteiger partial charge < -0.3 is 5.32 Å². The van der Waals surface area contributed by atoms with Gasteiger partial charge in [-0.05, 0) is 35.1 Å². The van der Waals surface area contributed by atoms with E-state index in [-0.39, 0.29) is 5.82 Å². The van der Waals surface area contributed by atoms with Crippen molar-refractivity contribution in [3.63, 3.8) is 0 Å². The van der Waals surface area contributed by atoms with Gasteiger partial charge in [-0.25, -0.2) is 4.39 Å². The molecule has 0 saturated carbocycles. The van der Waals surface area contributed by atoms with Gasteiger partial charge in [-0.3, -0.25) is 0 Å². The minimum absolute atomic E-state index is 0.249. The monoisotopic (exact) mass is 251 g/mol. The SMILES string of the molecule is CNCc1cc(Cl)c(Br)cc1F. The first-order valence-corrected chi connectivity index (χ1v) is 4.60. The highest BCUT2D eigenvalue weighted by Crippen LogP contribution is 2.25. The Morgan fingerprint density at radius 1 is 1.58 bits per heavy atom. The number of benzene rings is 1. The molecule has 0 aliphatic carbocycles. The Morgan fingerprint density at radius 3 is 2.83 bits per heavy atom. The van der Waals surface area contributed by atoms with E-state index in [2.05, 4.69) is 21.2 Å². The van der Waals surface area contributed by atoms with Crippen molar-refractivity contribution in [1.82, 2.24) is 5.32 Å². The van der Waals surface area contributed by atoms with Crippen LogP contribution in [-0.4, -0.2) is 7.05 Å². The van der Waals surface area contributed by atoms with Crippen molar-refractivity contribution in [2.45, 2.75) is 6.54 Å². The van der Waals surface area contributed by atoms with Gasteiger partial charge in [-0.1, -0.05) is 11.6 Å². The van der Waals surface area contributed by atoms with E-state index in [1.165, 1.54) is 6.07 Å². The zero-order valence-electron chi connectivity index (χ0n) is 6.50. The average molecular weight is 253 g/mol. The Labute approximate surface area is 84.0 Å². The Kier molecular flexibility index (Phi) is 3.50. The van der Waals surface area contributed by atoms with Crippen molar-refractivity contribution >= 4 is 27.5 Å². The molecule has 0 spiro atoms. The molecule has 1 aromatic carbocycles. The highest BCUT2D eigenvalue weighted by Gasteiger charge is 2.05. The van der Waals surface area contributed by atoms with Crippen LogP contribution >= 0.6 is 27.5 Å². The van der Waals surface area contributed by atoms with Crippen LogP contribution in [0.25, 0.3) is 0 Å². The summed E-state index contributed by atoms with van der Waals surface area (Å²) in [4.78, 5) is 0. The summed E-state index contributed by atoms with van der Waals surface area (Å²) in [5, 5.41) is 3.39. The molecule has 1 rings (SSSR count). The van der Waals surface area contributed by atoms with E-state index in [1.54, 1.807) is 13.1 Å². The third-order valence-corrected chi connectivity index (χ3v) is 2.65. The van der Waals surface area contributed by atoms with Crippen LogP contribution in [0.15, 0.2) is 16.6 Å². The summed E-state index contributed by atoms with van der Waals surface area (Å²) in [5.41, 5.74) is 0.575. The van der Waals surface area contributed by atoms with Gasteiger partial charge in [0.05, 0.1) is 5.02 Å². The normalized spacial score (nSPS) is 10.3. The van der Waals surface area contributed by atoms with Crippen molar-refractivity contribution in [2.24, 2.45) is 0 Å². The molecule has 0 unspecified atom stereocenters. The van der Waals surface area contributed by atoms with Gasteiger partial charge in [-0.15, -0.1) is 0 Å². The van der Waals surface area contributed by atoms with Crippen LogP contribution in [-0.2, 0) is 6.54 Å². The third-order valence-electron chi connectivity index (χ3n) is 1.46. The fraction of sp³-hybridized carbons (Fsp3) is 0.250. The van der Waals surface area contributed by atoms with Gasteiger partial charge >= 0.3 is 0 Å². The molecule has 0 bridgehead atoms. The fourth-order valence-corrected chi connectivity index (χ4v) is 1.39. The molecule has 0 amide bonds. The lowest BCUT2D eigenvalue weighted by Crippen LogP contribution is -2.06. The van der Waals surface area contributed by atoms with Crippen LogP contribution in [0.1, 0.15) is 5.56 Å². The molecule has 1 N–H and O–H groups in total. The Morgan fingerprint density at radius 2 is 2.25 bits per heavy atom. The predicted molar refractivity (Wildman–Crippen MR) is 51.9 cm³/mol. The Hall–Kier alpha value is -0.120. The second-order valence-corrected chi connectivity index (χ2v) is 3.65. The number of hydrogen-bond acceptors (Lipinski definition) is 1. The third kappa shape index (κ3) is 2.19. The first-order valence-electron chi connectivity index (χ1n) is 3.43.